The molecule has 3 aromatic rings. The largest absolute Gasteiger partial charge is 0.489 e. The molecule has 0 amide bonds. The van der Waals surface area contributed by atoms with Gasteiger partial charge < -0.3 is 9.94 Å². The number of allylic oxidation sites excluding steroid dienone is 2. The van der Waals surface area contributed by atoms with Crippen LogP contribution in [0.25, 0.3) is 12.2 Å². The minimum atomic E-state index is 0.352. The zero-order valence-electron chi connectivity index (χ0n) is 15.4. The molecule has 0 saturated carbocycles. The van der Waals surface area contributed by atoms with Gasteiger partial charge in [0.25, 0.3) is 0 Å². The normalized spacial score (nSPS) is 12.0. The van der Waals surface area contributed by atoms with Gasteiger partial charge in [-0.25, -0.2) is 0 Å². The van der Waals surface area contributed by atoms with Gasteiger partial charge in [0.2, 0.25) is 0 Å². The summed E-state index contributed by atoms with van der Waals surface area (Å²) >= 11 is 12.1. The van der Waals surface area contributed by atoms with Gasteiger partial charge in [-0.05, 0) is 60.2 Å². The lowest BCUT2D eigenvalue weighted by molar-refractivity contribution is 0.306. The van der Waals surface area contributed by atoms with Gasteiger partial charge in [0, 0.05) is 21.8 Å². The molecule has 6 heteroatoms. The van der Waals surface area contributed by atoms with Crippen LogP contribution in [0, 0.1) is 0 Å². The Labute approximate surface area is 179 Å². The Morgan fingerprint density at radius 1 is 1.00 bits per heavy atom. The first-order valence-electron chi connectivity index (χ1n) is 8.80. The lowest BCUT2D eigenvalue weighted by atomic mass is 10.1. The zero-order valence-corrected chi connectivity index (χ0v) is 16.9. The van der Waals surface area contributed by atoms with Crippen LogP contribution >= 0.6 is 23.2 Å². The van der Waals surface area contributed by atoms with Gasteiger partial charge in [0.15, 0.2) is 0 Å². The molecule has 0 saturated heterocycles. The van der Waals surface area contributed by atoms with Crippen LogP contribution in [0.2, 0.25) is 10.0 Å². The molecule has 146 valence electrons. The molecule has 0 atom stereocenters. The van der Waals surface area contributed by atoms with Crippen molar-refractivity contribution in [3.05, 3.63) is 106 Å². The SMILES string of the molecule is ON=C(C=Cc1ccc(OCc2ccc(Cl)cc2Cl)cc1)C=Cc1ccccn1. The van der Waals surface area contributed by atoms with E-state index in [9.17, 15) is 0 Å². The van der Waals surface area contributed by atoms with Crippen molar-refractivity contribution in [2.75, 3.05) is 0 Å². The molecule has 0 bridgehead atoms. The summed E-state index contributed by atoms with van der Waals surface area (Å²) in [5, 5.41) is 13.6. The van der Waals surface area contributed by atoms with Gasteiger partial charge in [-0.2, -0.15) is 0 Å². The maximum Gasteiger partial charge on any atom is 0.119 e. The topological polar surface area (TPSA) is 54.7 Å². The van der Waals surface area contributed by atoms with Crippen LogP contribution in [0.15, 0.2) is 84.2 Å². The zero-order chi connectivity index (χ0) is 20.5. The van der Waals surface area contributed by atoms with Gasteiger partial charge in [-0.15, -0.1) is 0 Å². The molecule has 0 fully saturated rings. The maximum absolute atomic E-state index is 9.17. The third-order valence-electron chi connectivity index (χ3n) is 3.96. The fraction of sp³-hybridized carbons (Fsp3) is 0.0435. The van der Waals surface area contributed by atoms with Crippen molar-refractivity contribution in [1.82, 2.24) is 4.98 Å². The Bertz CT molecular complexity index is 1030. The highest BCUT2D eigenvalue weighted by molar-refractivity contribution is 6.35. The Morgan fingerprint density at radius 3 is 2.48 bits per heavy atom. The molecule has 0 aliphatic heterocycles. The predicted molar refractivity (Wildman–Crippen MR) is 119 cm³/mol. The van der Waals surface area contributed by atoms with Crippen LogP contribution in [-0.2, 0) is 6.61 Å². The summed E-state index contributed by atoms with van der Waals surface area (Å²) in [6.07, 6.45) is 8.72. The second-order valence-electron chi connectivity index (χ2n) is 6.04. The fourth-order valence-corrected chi connectivity index (χ4v) is 2.89. The summed E-state index contributed by atoms with van der Waals surface area (Å²) in [5.41, 5.74) is 3.00. The first kappa shape index (κ1) is 20.6. The maximum atomic E-state index is 9.17. The predicted octanol–water partition coefficient (Wildman–Crippen LogP) is 6.52. The minimum Gasteiger partial charge on any atom is -0.489 e. The first-order valence-corrected chi connectivity index (χ1v) is 9.56. The number of oxime groups is 1. The van der Waals surface area contributed by atoms with Crippen molar-refractivity contribution in [3.8, 4) is 5.75 Å². The average Bonchev–Trinajstić information content (AvgIpc) is 2.75. The average molecular weight is 425 g/mol. The van der Waals surface area contributed by atoms with E-state index in [1.54, 1.807) is 36.6 Å². The molecular formula is C23H18Cl2N2O2. The van der Waals surface area contributed by atoms with E-state index < -0.39 is 0 Å². The van der Waals surface area contributed by atoms with E-state index in [2.05, 4.69) is 10.1 Å². The summed E-state index contributed by atoms with van der Waals surface area (Å²) in [4.78, 5) is 4.19. The number of rotatable bonds is 7. The number of ether oxygens (including phenoxy) is 1. The third kappa shape index (κ3) is 6.49. The molecular weight excluding hydrogens is 407 g/mol. The Kier molecular flexibility index (Phi) is 7.45. The van der Waals surface area contributed by atoms with E-state index in [4.69, 9.17) is 33.1 Å². The van der Waals surface area contributed by atoms with Crippen molar-refractivity contribution in [2.24, 2.45) is 5.16 Å². The number of benzene rings is 2. The lowest BCUT2D eigenvalue weighted by Gasteiger charge is -2.08. The van der Waals surface area contributed by atoms with Crippen LogP contribution in [0.1, 0.15) is 16.8 Å². The van der Waals surface area contributed by atoms with Crippen molar-refractivity contribution in [2.45, 2.75) is 6.61 Å². The molecule has 1 N–H and O–H groups in total. The molecule has 3 rings (SSSR count). The van der Waals surface area contributed by atoms with E-state index >= 15 is 0 Å². The molecule has 1 aromatic heterocycles. The minimum absolute atomic E-state index is 0.352. The highest BCUT2D eigenvalue weighted by Gasteiger charge is 2.02. The van der Waals surface area contributed by atoms with Crippen molar-refractivity contribution < 1.29 is 9.94 Å². The van der Waals surface area contributed by atoms with Crippen LogP contribution in [0.5, 0.6) is 5.75 Å². The molecule has 4 nitrogen and oxygen atoms in total. The number of aromatic nitrogens is 1. The van der Waals surface area contributed by atoms with Crippen LogP contribution < -0.4 is 4.74 Å². The van der Waals surface area contributed by atoms with Crippen molar-refractivity contribution in [1.29, 1.82) is 0 Å². The summed E-state index contributed by atoms with van der Waals surface area (Å²) in [7, 11) is 0. The second-order valence-corrected chi connectivity index (χ2v) is 6.88. The van der Waals surface area contributed by atoms with E-state index in [1.807, 2.05) is 54.6 Å². The van der Waals surface area contributed by atoms with E-state index in [0.29, 0.717) is 22.4 Å². The fourth-order valence-electron chi connectivity index (χ4n) is 2.42. The summed E-state index contributed by atoms with van der Waals surface area (Å²) in [6, 6.07) is 18.5. The van der Waals surface area contributed by atoms with Crippen LogP contribution in [-0.4, -0.2) is 15.9 Å². The van der Waals surface area contributed by atoms with Gasteiger partial charge in [-0.1, -0.05) is 58.7 Å². The molecule has 0 spiro atoms. The number of nitrogens with zero attached hydrogens (tertiary/aromatic N) is 2. The van der Waals surface area contributed by atoms with Gasteiger partial charge in [0.05, 0.1) is 5.69 Å². The van der Waals surface area contributed by atoms with Crippen LogP contribution in [0.4, 0.5) is 0 Å². The van der Waals surface area contributed by atoms with Gasteiger partial charge in [0.1, 0.15) is 18.1 Å². The van der Waals surface area contributed by atoms with Gasteiger partial charge >= 0.3 is 0 Å². The molecule has 0 radical (unpaired) electrons. The molecule has 1 heterocycles. The smallest absolute Gasteiger partial charge is 0.119 e. The number of hydrogen-bond donors (Lipinski definition) is 1. The molecule has 29 heavy (non-hydrogen) atoms. The Morgan fingerprint density at radius 2 is 1.79 bits per heavy atom. The third-order valence-corrected chi connectivity index (χ3v) is 4.55. The molecule has 0 unspecified atom stereocenters. The van der Waals surface area contributed by atoms with E-state index in [1.165, 1.54) is 0 Å². The monoisotopic (exact) mass is 424 g/mol. The van der Waals surface area contributed by atoms with Crippen molar-refractivity contribution in [3.63, 3.8) is 0 Å². The Balaban J connectivity index is 1.58. The molecule has 0 aliphatic carbocycles. The van der Waals surface area contributed by atoms with E-state index in [-0.39, 0.29) is 0 Å². The van der Waals surface area contributed by atoms with Crippen LogP contribution in [0.3, 0.4) is 0 Å². The summed E-state index contributed by atoms with van der Waals surface area (Å²) in [6.45, 7) is 0.352. The standard InChI is InChI=1S/C23H18Cl2N2O2/c24-19-8-7-18(23(25)15-19)16-29-22-12-5-17(6-13-22)4-9-21(27-28)11-10-20-3-1-2-14-26-20/h1-15,28H,16H2. The summed E-state index contributed by atoms with van der Waals surface area (Å²) in [5.74, 6) is 0.722. The van der Waals surface area contributed by atoms with Gasteiger partial charge in [-0.3, -0.25) is 4.98 Å². The first-order chi connectivity index (χ1) is 14.1. The quantitative estimate of drug-likeness (QED) is 0.266. The summed E-state index contributed by atoms with van der Waals surface area (Å²) < 4.78 is 5.77. The molecule has 2 aromatic carbocycles. The van der Waals surface area contributed by atoms with E-state index in [0.717, 1.165) is 22.6 Å². The lowest BCUT2D eigenvalue weighted by Crippen LogP contribution is -1.96. The highest BCUT2D eigenvalue weighted by Crippen LogP contribution is 2.23. The van der Waals surface area contributed by atoms with Crippen molar-refractivity contribution >= 4 is 41.1 Å². The highest BCUT2D eigenvalue weighted by atomic mass is 35.5. The second kappa shape index (κ2) is 10.5. The number of pyridine rings is 1. The molecule has 0 aliphatic rings. The number of halogens is 2. The Hall–Kier alpha value is -3.08. The number of hydrogen-bond acceptors (Lipinski definition) is 4.